The minimum atomic E-state index is -0.645. The van der Waals surface area contributed by atoms with Crippen LogP contribution in [0, 0.1) is 5.92 Å². The summed E-state index contributed by atoms with van der Waals surface area (Å²) in [5, 5.41) is 10.0. The van der Waals surface area contributed by atoms with E-state index in [1.807, 2.05) is 18.2 Å². The molecule has 18 heavy (non-hydrogen) atoms. The first-order valence-electron chi connectivity index (χ1n) is 6.40. The molecular formula is C14H20N2O2. The number of benzene rings is 1. The van der Waals surface area contributed by atoms with Crippen LogP contribution in [-0.2, 0) is 11.3 Å². The van der Waals surface area contributed by atoms with Gasteiger partial charge in [0.25, 0.3) is 0 Å². The number of rotatable bonds is 3. The maximum absolute atomic E-state index is 11.2. The molecule has 1 aromatic rings. The van der Waals surface area contributed by atoms with Crippen LogP contribution in [0.15, 0.2) is 30.3 Å². The van der Waals surface area contributed by atoms with Crippen molar-refractivity contribution in [2.75, 3.05) is 13.1 Å². The second kappa shape index (κ2) is 5.98. The van der Waals surface area contributed by atoms with Crippen molar-refractivity contribution in [3.63, 3.8) is 0 Å². The van der Waals surface area contributed by atoms with Crippen molar-refractivity contribution in [1.29, 1.82) is 0 Å². The maximum atomic E-state index is 11.2. The third kappa shape index (κ3) is 3.31. The number of hydrogen-bond donors (Lipinski definition) is 2. The highest BCUT2D eigenvalue weighted by Crippen LogP contribution is 2.19. The fourth-order valence-electron chi connectivity index (χ4n) is 2.53. The fourth-order valence-corrected chi connectivity index (χ4v) is 2.53. The van der Waals surface area contributed by atoms with Crippen molar-refractivity contribution in [2.45, 2.75) is 25.5 Å². The van der Waals surface area contributed by atoms with Crippen molar-refractivity contribution in [2.24, 2.45) is 11.7 Å². The van der Waals surface area contributed by atoms with Crippen LogP contribution in [0.5, 0.6) is 0 Å². The number of primary amides is 1. The van der Waals surface area contributed by atoms with Crippen molar-refractivity contribution >= 4 is 5.91 Å². The van der Waals surface area contributed by atoms with E-state index in [0.717, 1.165) is 19.5 Å². The second-order valence-corrected chi connectivity index (χ2v) is 4.94. The van der Waals surface area contributed by atoms with Crippen LogP contribution >= 0.6 is 0 Å². The molecule has 0 radical (unpaired) electrons. The Labute approximate surface area is 107 Å². The van der Waals surface area contributed by atoms with Gasteiger partial charge in [0, 0.05) is 13.1 Å². The first-order valence-corrected chi connectivity index (χ1v) is 6.40. The SMILES string of the molecule is NC(=O)C1CCCN(Cc2ccccc2)CC1O. The number of amides is 1. The molecule has 0 aromatic heterocycles. The molecule has 1 aromatic carbocycles. The van der Waals surface area contributed by atoms with Crippen LogP contribution in [0.3, 0.4) is 0 Å². The van der Waals surface area contributed by atoms with Gasteiger partial charge in [-0.15, -0.1) is 0 Å². The number of nitrogens with two attached hydrogens (primary N) is 1. The van der Waals surface area contributed by atoms with E-state index in [9.17, 15) is 9.90 Å². The van der Waals surface area contributed by atoms with Gasteiger partial charge in [-0.25, -0.2) is 0 Å². The summed E-state index contributed by atoms with van der Waals surface area (Å²) in [5.74, 6) is -0.783. The zero-order valence-corrected chi connectivity index (χ0v) is 10.5. The number of aliphatic hydroxyl groups is 1. The van der Waals surface area contributed by atoms with E-state index in [1.165, 1.54) is 5.56 Å². The Kier molecular flexibility index (Phi) is 4.33. The second-order valence-electron chi connectivity index (χ2n) is 4.94. The normalized spacial score (nSPS) is 25.6. The third-order valence-corrected chi connectivity index (χ3v) is 3.51. The van der Waals surface area contributed by atoms with E-state index < -0.39 is 12.0 Å². The molecule has 0 aliphatic carbocycles. The molecule has 1 aliphatic heterocycles. The third-order valence-electron chi connectivity index (χ3n) is 3.51. The Morgan fingerprint density at radius 3 is 2.78 bits per heavy atom. The zero-order valence-electron chi connectivity index (χ0n) is 10.5. The Morgan fingerprint density at radius 2 is 2.11 bits per heavy atom. The van der Waals surface area contributed by atoms with Gasteiger partial charge in [-0.1, -0.05) is 30.3 Å². The van der Waals surface area contributed by atoms with Crippen LogP contribution in [0.2, 0.25) is 0 Å². The maximum Gasteiger partial charge on any atom is 0.223 e. The van der Waals surface area contributed by atoms with Gasteiger partial charge in [0.2, 0.25) is 5.91 Å². The van der Waals surface area contributed by atoms with E-state index in [0.29, 0.717) is 13.0 Å². The van der Waals surface area contributed by atoms with Gasteiger partial charge in [0.1, 0.15) is 0 Å². The number of β-amino-alcohol motifs (C(OH)–C–C–N with tert-alkyl or cyclic N) is 1. The summed E-state index contributed by atoms with van der Waals surface area (Å²) in [5.41, 5.74) is 6.53. The van der Waals surface area contributed by atoms with Crippen molar-refractivity contribution in [3.8, 4) is 0 Å². The molecule has 0 spiro atoms. The standard InChI is InChI=1S/C14H20N2O2/c15-14(18)12-7-4-8-16(10-13(12)17)9-11-5-2-1-3-6-11/h1-3,5-6,12-13,17H,4,7-10H2,(H2,15,18). The lowest BCUT2D eigenvalue weighted by atomic mass is 9.97. The molecule has 2 rings (SSSR count). The molecule has 3 N–H and O–H groups in total. The van der Waals surface area contributed by atoms with Crippen molar-refractivity contribution in [1.82, 2.24) is 4.90 Å². The minimum Gasteiger partial charge on any atom is -0.391 e. The molecule has 2 unspecified atom stereocenters. The molecular weight excluding hydrogens is 228 g/mol. The quantitative estimate of drug-likeness (QED) is 0.829. The topological polar surface area (TPSA) is 66.6 Å². The molecule has 1 fully saturated rings. The van der Waals surface area contributed by atoms with Gasteiger partial charge in [0.15, 0.2) is 0 Å². The van der Waals surface area contributed by atoms with E-state index >= 15 is 0 Å². The van der Waals surface area contributed by atoms with Crippen LogP contribution in [0.25, 0.3) is 0 Å². The largest absolute Gasteiger partial charge is 0.391 e. The van der Waals surface area contributed by atoms with Crippen molar-refractivity contribution in [3.05, 3.63) is 35.9 Å². The minimum absolute atomic E-state index is 0.385. The van der Waals surface area contributed by atoms with Gasteiger partial charge in [0.05, 0.1) is 12.0 Å². The molecule has 1 aliphatic rings. The van der Waals surface area contributed by atoms with Gasteiger partial charge in [-0.3, -0.25) is 9.69 Å². The molecule has 0 saturated carbocycles. The number of nitrogens with zero attached hydrogens (tertiary/aromatic N) is 1. The first-order chi connectivity index (χ1) is 8.66. The predicted molar refractivity (Wildman–Crippen MR) is 69.6 cm³/mol. The molecule has 1 saturated heterocycles. The molecule has 0 bridgehead atoms. The molecule has 4 heteroatoms. The Morgan fingerprint density at radius 1 is 1.39 bits per heavy atom. The number of carbonyl (C=O) groups is 1. The van der Waals surface area contributed by atoms with Crippen LogP contribution in [0.4, 0.5) is 0 Å². The summed E-state index contributed by atoms with van der Waals surface area (Å²) in [6.07, 6.45) is 0.938. The first kappa shape index (κ1) is 13.1. The molecule has 4 nitrogen and oxygen atoms in total. The Bertz CT molecular complexity index is 394. The average molecular weight is 248 g/mol. The lowest BCUT2D eigenvalue weighted by molar-refractivity contribution is -0.125. The highest BCUT2D eigenvalue weighted by molar-refractivity contribution is 5.77. The molecule has 1 amide bonds. The van der Waals surface area contributed by atoms with Gasteiger partial charge in [-0.2, -0.15) is 0 Å². The fraction of sp³-hybridized carbons (Fsp3) is 0.500. The zero-order chi connectivity index (χ0) is 13.0. The summed E-state index contributed by atoms with van der Waals surface area (Å²) in [4.78, 5) is 13.4. The number of aliphatic hydroxyl groups excluding tert-OH is 1. The number of likely N-dealkylation sites (tertiary alicyclic amines) is 1. The van der Waals surface area contributed by atoms with Gasteiger partial charge < -0.3 is 10.8 Å². The molecule has 98 valence electrons. The predicted octanol–water partition coefficient (Wildman–Crippen LogP) is 0.745. The van der Waals surface area contributed by atoms with E-state index in [1.54, 1.807) is 0 Å². The summed E-state index contributed by atoms with van der Waals surface area (Å²) in [6, 6.07) is 10.2. The Hall–Kier alpha value is -1.39. The lowest BCUT2D eigenvalue weighted by Gasteiger charge is -2.23. The summed E-state index contributed by atoms with van der Waals surface area (Å²) >= 11 is 0. The Balaban J connectivity index is 1.97. The van der Waals surface area contributed by atoms with E-state index in [2.05, 4.69) is 17.0 Å². The monoisotopic (exact) mass is 248 g/mol. The number of carbonyl (C=O) groups excluding carboxylic acids is 1. The van der Waals surface area contributed by atoms with Crippen LogP contribution in [-0.4, -0.2) is 35.1 Å². The van der Waals surface area contributed by atoms with E-state index in [4.69, 9.17) is 5.73 Å². The van der Waals surface area contributed by atoms with Gasteiger partial charge >= 0.3 is 0 Å². The number of hydrogen-bond acceptors (Lipinski definition) is 3. The smallest absolute Gasteiger partial charge is 0.223 e. The highest BCUT2D eigenvalue weighted by Gasteiger charge is 2.29. The van der Waals surface area contributed by atoms with Crippen LogP contribution in [0.1, 0.15) is 18.4 Å². The molecule has 1 heterocycles. The summed E-state index contributed by atoms with van der Waals surface area (Å²) in [6.45, 7) is 2.22. The summed E-state index contributed by atoms with van der Waals surface area (Å²) < 4.78 is 0. The average Bonchev–Trinajstić information content (AvgIpc) is 2.52. The van der Waals surface area contributed by atoms with Crippen molar-refractivity contribution < 1.29 is 9.90 Å². The highest BCUT2D eigenvalue weighted by atomic mass is 16.3. The lowest BCUT2D eigenvalue weighted by Crippen LogP contribution is -2.38. The summed E-state index contributed by atoms with van der Waals surface area (Å²) in [7, 11) is 0. The van der Waals surface area contributed by atoms with Gasteiger partial charge in [-0.05, 0) is 24.9 Å². The van der Waals surface area contributed by atoms with E-state index in [-0.39, 0.29) is 5.91 Å². The van der Waals surface area contributed by atoms with Crippen LogP contribution < -0.4 is 5.73 Å². The molecule has 2 atom stereocenters.